The molecule has 0 aromatic carbocycles. The van der Waals surface area contributed by atoms with Crippen molar-refractivity contribution in [1.29, 1.82) is 0 Å². The van der Waals surface area contributed by atoms with Crippen LogP contribution >= 0.6 is 11.6 Å². The van der Waals surface area contributed by atoms with Gasteiger partial charge in [0.1, 0.15) is 0 Å². The molecule has 0 spiro atoms. The van der Waals surface area contributed by atoms with E-state index in [0.717, 1.165) is 37.7 Å². The van der Waals surface area contributed by atoms with E-state index in [1.165, 1.54) is 0 Å². The smallest absolute Gasteiger partial charge is 0.0939 e. The highest BCUT2D eigenvalue weighted by molar-refractivity contribution is 6.25. The lowest BCUT2D eigenvalue weighted by Gasteiger charge is -2.47. The third-order valence-electron chi connectivity index (χ3n) is 3.78. The summed E-state index contributed by atoms with van der Waals surface area (Å²) in [6.45, 7) is 0. The zero-order chi connectivity index (χ0) is 10.2. The second-order valence-electron chi connectivity index (χ2n) is 4.63. The maximum atomic E-state index is 10.4. The highest BCUT2D eigenvalue weighted by Gasteiger charge is 2.47. The standard InChI is InChI=1S/C11H17ClO2/c12-7-8-5-9-3-1-2-4-11(9,14)10(13)6-8/h7,9-10,13-14H,1-6H2/b8-7+/t9-,10-,11-/m1/s1. The molecule has 0 heterocycles. The third kappa shape index (κ3) is 1.60. The summed E-state index contributed by atoms with van der Waals surface area (Å²) in [5.74, 6) is 0.213. The Labute approximate surface area is 89.6 Å². The van der Waals surface area contributed by atoms with Crippen LogP contribution in [0.4, 0.5) is 0 Å². The van der Waals surface area contributed by atoms with E-state index in [-0.39, 0.29) is 5.92 Å². The second-order valence-corrected chi connectivity index (χ2v) is 4.84. The summed E-state index contributed by atoms with van der Waals surface area (Å²) in [4.78, 5) is 0. The minimum atomic E-state index is -0.832. The minimum Gasteiger partial charge on any atom is -0.390 e. The molecule has 2 rings (SSSR count). The van der Waals surface area contributed by atoms with Crippen molar-refractivity contribution >= 4 is 11.6 Å². The summed E-state index contributed by atoms with van der Waals surface area (Å²) in [5.41, 5.74) is 1.81. The maximum Gasteiger partial charge on any atom is 0.0939 e. The predicted molar refractivity (Wildman–Crippen MR) is 56.1 cm³/mol. The van der Waals surface area contributed by atoms with Gasteiger partial charge >= 0.3 is 0 Å². The molecular weight excluding hydrogens is 200 g/mol. The van der Waals surface area contributed by atoms with Crippen LogP contribution in [0.15, 0.2) is 11.1 Å². The number of halogens is 1. The first-order valence-electron chi connectivity index (χ1n) is 5.35. The topological polar surface area (TPSA) is 40.5 Å². The molecule has 0 radical (unpaired) electrons. The van der Waals surface area contributed by atoms with Gasteiger partial charge in [0.25, 0.3) is 0 Å². The van der Waals surface area contributed by atoms with Crippen LogP contribution in [0.1, 0.15) is 38.5 Å². The van der Waals surface area contributed by atoms with Crippen molar-refractivity contribution in [3.05, 3.63) is 11.1 Å². The highest BCUT2D eigenvalue weighted by atomic mass is 35.5. The van der Waals surface area contributed by atoms with Gasteiger partial charge in [0.15, 0.2) is 0 Å². The average Bonchev–Trinajstić information content (AvgIpc) is 2.19. The number of aliphatic hydroxyl groups is 2. The Kier molecular flexibility index (Phi) is 2.87. The van der Waals surface area contributed by atoms with Gasteiger partial charge in [-0.05, 0) is 31.6 Å². The molecule has 0 aromatic heterocycles. The van der Waals surface area contributed by atoms with Gasteiger partial charge in [-0.3, -0.25) is 0 Å². The van der Waals surface area contributed by atoms with E-state index in [1.54, 1.807) is 5.54 Å². The molecule has 0 saturated heterocycles. The summed E-state index contributed by atoms with van der Waals surface area (Å²) >= 11 is 5.67. The lowest BCUT2D eigenvalue weighted by atomic mass is 9.65. The van der Waals surface area contributed by atoms with Gasteiger partial charge in [0, 0.05) is 5.54 Å². The van der Waals surface area contributed by atoms with Gasteiger partial charge in [-0.25, -0.2) is 0 Å². The van der Waals surface area contributed by atoms with Crippen molar-refractivity contribution in [2.45, 2.75) is 50.2 Å². The Balaban J connectivity index is 2.19. The number of aliphatic hydroxyl groups excluding tert-OH is 1. The summed E-state index contributed by atoms with van der Waals surface area (Å²) in [5, 5.41) is 20.3. The second kappa shape index (κ2) is 3.84. The van der Waals surface area contributed by atoms with E-state index >= 15 is 0 Å². The van der Waals surface area contributed by atoms with Crippen molar-refractivity contribution in [2.24, 2.45) is 5.92 Å². The number of hydrogen-bond donors (Lipinski definition) is 2. The molecule has 2 nitrogen and oxygen atoms in total. The van der Waals surface area contributed by atoms with Gasteiger partial charge < -0.3 is 10.2 Å². The Morgan fingerprint density at radius 1 is 1.36 bits per heavy atom. The number of rotatable bonds is 0. The largest absolute Gasteiger partial charge is 0.390 e. The quantitative estimate of drug-likeness (QED) is 0.652. The van der Waals surface area contributed by atoms with E-state index in [4.69, 9.17) is 11.6 Å². The molecule has 2 N–H and O–H groups in total. The van der Waals surface area contributed by atoms with Gasteiger partial charge in [-0.15, -0.1) is 0 Å². The van der Waals surface area contributed by atoms with E-state index in [0.29, 0.717) is 6.42 Å². The number of fused-ring (bicyclic) bond motifs is 1. The molecular formula is C11H17ClO2. The number of hydrogen-bond acceptors (Lipinski definition) is 2. The predicted octanol–water partition coefficient (Wildman–Crippen LogP) is 2.19. The van der Waals surface area contributed by atoms with E-state index < -0.39 is 11.7 Å². The van der Waals surface area contributed by atoms with Crippen LogP contribution in [0.25, 0.3) is 0 Å². The van der Waals surface area contributed by atoms with Crippen LogP contribution in [-0.2, 0) is 0 Å². The minimum absolute atomic E-state index is 0.213. The van der Waals surface area contributed by atoms with E-state index in [9.17, 15) is 10.2 Å². The molecule has 3 heteroatoms. The molecule has 3 atom stereocenters. The monoisotopic (exact) mass is 216 g/mol. The van der Waals surface area contributed by atoms with Gasteiger partial charge in [-0.2, -0.15) is 0 Å². The van der Waals surface area contributed by atoms with E-state index in [2.05, 4.69) is 0 Å². The van der Waals surface area contributed by atoms with Crippen molar-refractivity contribution < 1.29 is 10.2 Å². The first kappa shape index (κ1) is 10.5. The summed E-state index contributed by atoms with van der Waals surface area (Å²) in [6.07, 6.45) is 4.73. The molecule has 0 amide bonds. The first-order chi connectivity index (χ1) is 6.66. The summed E-state index contributed by atoms with van der Waals surface area (Å²) in [6, 6.07) is 0. The van der Waals surface area contributed by atoms with Crippen LogP contribution in [0.5, 0.6) is 0 Å². The molecule has 2 aliphatic carbocycles. The molecule has 2 fully saturated rings. The van der Waals surface area contributed by atoms with Crippen LogP contribution in [-0.4, -0.2) is 21.9 Å². The molecule has 2 aliphatic rings. The lowest BCUT2D eigenvalue weighted by Crippen LogP contribution is -2.53. The van der Waals surface area contributed by atoms with Crippen molar-refractivity contribution in [3.8, 4) is 0 Å². The summed E-state index contributed by atoms with van der Waals surface area (Å²) < 4.78 is 0. The fourth-order valence-corrected chi connectivity index (χ4v) is 3.06. The first-order valence-corrected chi connectivity index (χ1v) is 5.79. The summed E-state index contributed by atoms with van der Waals surface area (Å²) in [7, 11) is 0. The molecule has 14 heavy (non-hydrogen) atoms. The van der Waals surface area contributed by atoms with Crippen LogP contribution < -0.4 is 0 Å². The van der Waals surface area contributed by atoms with Gasteiger partial charge in [0.05, 0.1) is 11.7 Å². The average molecular weight is 217 g/mol. The van der Waals surface area contributed by atoms with E-state index in [1.807, 2.05) is 0 Å². The zero-order valence-corrected chi connectivity index (χ0v) is 9.00. The molecule has 2 saturated carbocycles. The van der Waals surface area contributed by atoms with Crippen molar-refractivity contribution in [3.63, 3.8) is 0 Å². The third-order valence-corrected chi connectivity index (χ3v) is 4.09. The highest BCUT2D eigenvalue weighted by Crippen LogP contribution is 2.45. The molecule has 0 aromatic rings. The van der Waals surface area contributed by atoms with Crippen LogP contribution in [0, 0.1) is 5.92 Å². The lowest BCUT2D eigenvalue weighted by molar-refractivity contribution is -0.143. The fourth-order valence-electron chi connectivity index (χ4n) is 2.88. The SMILES string of the molecule is O[C@@H]1C/C(=C/Cl)C[C@H]2CCCC[C@@]21O. The van der Waals surface area contributed by atoms with Gasteiger partial charge in [-0.1, -0.05) is 30.0 Å². The molecule has 80 valence electrons. The maximum absolute atomic E-state index is 10.4. The normalized spacial score (nSPS) is 46.4. The Bertz CT molecular complexity index is 252. The molecule has 0 aliphatic heterocycles. The van der Waals surface area contributed by atoms with Crippen LogP contribution in [0.2, 0.25) is 0 Å². The van der Waals surface area contributed by atoms with Crippen molar-refractivity contribution in [1.82, 2.24) is 0 Å². The Morgan fingerprint density at radius 2 is 2.14 bits per heavy atom. The zero-order valence-electron chi connectivity index (χ0n) is 8.25. The Hall–Kier alpha value is -0.0500. The molecule has 0 unspecified atom stereocenters. The Morgan fingerprint density at radius 3 is 2.86 bits per heavy atom. The van der Waals surface area contributed by atoms with Crippen molar-refractivity contribution in [2.75, 3.05) is 0 Å². The van der Waals surface area contributed by atoms with Gasteiger partial charge in [0.2, 0.25) is 0 Å². The van der Waals surface area contributed by atoms with Crippen LogP contribution in [0.3, 0.4) is 0 Å². The molecule has 0 bridgehead atoms. The fraction of sp³-hybridized carbons (Fsp3) is 0.818.